The van der Waals surface area contributed by atoms with Crippen LogP contribution in [0.2, 0.25) is 0 Å². The fraction of sp³-hybridized carbons (Fsp3) is 0.435. The highest BCUT2D eigenvalue weighted by Crippen LogP contribution is 2.32. The van der Waals surface area contributed by atoms with E-state index >= 15 is 0 Å². The normalized spacial score (nSPS) is 17.3. The van der Waals surface area contributed by atoms with Gasteiger partial charge in [0.2, 0.25) is 23.6 Å². The molecular formula is C23H27FN8O2. The lowest BCUT2D eigenvalue weighted by atomic mass is 10.1. The number of aromatic amines is 1. The second-order valence-electron chi connectivity index (χ2n) is 9.03. The molecule has 178 valence electrons. The van der Waals surface area contributed by atoms with Gasteiger partial charge in [-0.25, -0.2) is 20.4 Å². The number of aromatic nitrogens is 5. The number of hydrogen-bond donors (Lipinski definition) is 3. The maximum absolute atomic E-state index is 13.1. The highest BCUT2D eigenvalue weighted by Gasteiger charge is 2.34. The maximum atomic E-state index is 13.1. The van der Waals surface area contributed by atoms with E-state index in [4.69, 9.17) is 9.97 Å². The number of nitrogens with zero attached hydrogens (tertiary/aromatic N) is 5. The first kappa shape index (κ1) is 22.1. The average molecular weight is 467 g/mol. The minimum atomic E-state index is -0.602. The third kappa shape index (κ3) is 4.25. The first-order valence-corrected chi connectivity index (χ1v) is 11.6. The molecule has 1 saturated heterocycles. The predicted molar refractivity (Wildman–Crippen MR) is 124 cm³/mol. The minimum Gasteiger partial charge on any atom is -0.692 e. The Labute approximate surface area is 196 Å². The molecule has 1 aliphatic carbocycles. The summed E-state index contributed by atoms with van der Waals surface area (Å²) in [4.78, 5) is 28.8. The molecular weight excluding hydrogens is 439 g/mol. The van der Waals surface area contributed by atoms with E-state index in [0.717, 1.165) is 42.6 Å². The summed E-state index contributed by atoms with van der Waals surface area (Å²) in [5.41, 5.74) is 3.21. The Morgan fingerprint density at radius 1 is 1.29 bits per heavy atom. The quantitative estimate of drug-likeness (QED) is 0.290. The third-order valence-corrected chi connectivity index (χ3v) is 6.34. The van der Waals surface area contributed by atoms with Crippen molar-refractivity contribution in [3.63, 3.8) is 0 Å². The van der Waals surface area contributed by atoms with E-state index in [1.165, 1.54) is 18.3 Å². The van der Waals surface area contributed by atoms with Gasteiger partial charge in [0.1, 0.15) is 6.04 Å². The number of hydrogen-bond acceptors (Lipinski definition) is 7. The zero-order chi connectivity index (χ0) is 23.8. The average Bonchev–Trinajstić information content (AvgIpc) is 3.55. The van der Waals surface area contributed by atoms with Gasteiger partial charge in [-0.15, -0.1) is 0 Å². The summed E-state index contributed by atoms with van der Waals surface area (Å²) in [5.74, 6) is 0.813. The Kier molecular flexibility index (Phi) is 5.76. The molecule has 3 aromatic rings. The van der Waals surface area contributed by atoms with E-state index in [2.05, 4.69) is 20.7 Å². The summed E-state index contributed by atoms with van der Waals surface area (Å²) in [7, 11) is 0. The van der Waals surface area contributed by atoms with E-state index in [-0.39, 0.29) is 11.8 Å². The first-order valence-electron chi connectivity index (χ1n) is 11.6. The van der Waals surface area contributed by atoms with Crippen molar-refractivity contribution in [3.8, 4) is 0 Å². The van der Waals surface area contributed by atoms with E-state index < -0.39 is 12.0 Å². The van der Waals surface area contributed by atoms with Crippen LogP contribution < -0.4 is 20.4 Å². The van der Waals surface area contributed by atoms with Crippen molar-refractivity contribution in [2.75, 3.05) is 22.1 Å². The van der Waals surface area contributed by atoms with Gasteiger partial charge in [-0.05, 0) is 50.2 Å². The molecule has 0 radical (unpaired) electrons. The molecule has 2 aliphatic rings. The molecule has 11 heteroatoms. The second-order valence-corrected chi connectivity index (χ2v) is 9.03. The van der Waals surface area contributed by atoms with Crippen LogP contribution in [0.5, 0.6) is 0 Å². The highest BCUT2D eigenvalue weighted by molar-refractivity contribution is 5.96. The number of anilines is 4. The Bertz CT molecular complexity index is 1210. The molecule has 3 aromatic heterocycles. The predicted octanol–water partition coefficient (Wildman–Crippen LogP) is 2.94. The largest absolute Gasteiger partial charge is 0.692 e. The lowest BCUT2D eigenvalue weighted by Gasteiger charge is -2.24. The number of fused-ring (bicyclic) bond motifs is 1. The molecule has 1 aliphatic heterocycles. The maximum Gasteiger partial charge on any atom is 0.305 e. The monoisotopic (exact) mass is 466 g/mol. The van der Waals surface area contributed by atoms with Crippen molar-refractivity contribution >= 4 is 29.2 Å². The van der Waals surface area contributed by atoms with Crippen LogP contribution >= 0.6 is 0 Å². The summed E-state index contributed by atoms with van der Waals surface area (Å²) >= 11 is 0. The molecule has 1 fully saturated rings. The number of carbonyl (C=O) groups excluding carboxylic acids is 1. The van der Waals surface area contributed by atoms with E-state index in [0.29, 0.717) is 41.1 Å². The number of halogens is 1. The molecule has 3 N–H and O–H groups in total. The number of nitrogens with one attached hydrogen (secondary N) is 3. The van der Waals surface area contributed by atoms with E-state index in [1.54, 1.807) is 6.07 Å². The van der Waals surface area contributed by atoms with Gasteiger partial charge in [0.15, 0.2) is 0 Å². The summed E-state index contributed by atoms with van der Waals surface area (Å²) in [5, 5.41) is 21.2. The van der Waals surface area contributed by atoms with Gasteiger partial charge in [0.05, 0.1) is 29.3 Å². The number of aryl methyl sites for hydroxylation is 1. The number of rotatable bonds is 6. The van der Waals surface area contributed by atoms with Crippen LogP contribution in [0, 0.1) is 11.2 Å². The van der Waals surface area contributed by atoms with Gasteiger partial charge in [0, 0.05) is 12.1 Å². The molecule has 1 amide bonds. The van der Waals surface area contributed by atoms with Gasteiger partial charge in [-0.3, -0.25) is 4.79 Å². The van der Waals surface area contributed by atoms with Crippen LogP contribution in [0.3, 0.4) is 0 Å². The van der Waals surface area contributed by atoms with Gasteiger partial charge in [-0.1, -0.05) is 13.8 Å². The van der Waals surface area contributed by atoms with E-state index in [1.807, 2.05) is 18.7 Å². The van der Waals surface area contributed by atoms with Crippen LogP contribution in [-0.4, -0.2) is 38.5 Å². The highest BCUT2D eigenvalue weighted by atomic mass is 19.1. The summed E-state index contributed by atoms with van der Waals surface area (Å²) in [6.07, 6.45) is 5.39. The van der Waals surface area contributed by atoms with Crippen LogP contribution in [0.1, 0.15) is 56.0 Å². The van der Waals surface area contributed by atoms with Crippen molar-refractivity contribution < 1.29 is 14.0 Å². The molecule has 1 atom stereocenters. The Balaban J connectivity index is 1.42. The van der Waals surface area contributed by atoms with Crippen molar-refractivity contribution in [1.29, 1.82) is 0 Å². The lowest BCUT2D eigenvalue weighted by Crippen LogP contribution is -2.41. The third-order valence-electron chi connectivity index (χ3n) is 6.34. The van der Waals surface area contributed by atoms with E-state index in [9.17, 15) is 14.4 Å². The van der Waals surface area contributed by atoms with Crippen molar-refractivity contribution in [2.45, 2.75) is 57.9 Å². The number of H-pyrrole nitrogens is 1. The van der Waals surface area contributed by atoms with Crippen molar-refractivity contribution in [2.24, 2.45) is 0 Å². The second kappa shape index (κ2) is 8.88. The number of carbonyl (C=O) groups is 1. The van der Waals surface area contributed by atoms with Crippen LogP contribution in [0.15, 0.2) is 24.4 Å². The molecule has 5 rings (SSSR count). The van der Waals surface area contributed by atoms with Gasteiger partial charge >= 0.3 is 5.82 Å². The first-order chi connectivity index (χ1) is 16.4. The smallest absolute Gasteiger partial charge is 0.305 e. The zero-order valence-electron chi connectivity index (χ0n) is 19.1. The Hall–Kier alpha value is -3.76. The summed E-state index contributed by atoms with van der Waals surface area (Å²) < 4.78 is 13.1. The Morgan fingerprint density at radius 2 is 2.15 bits per heavy atom. The molecule has 4 heterocycles. The summed E-state index contributed by atoms with van der Waals surface area (Å²) in [6, 6.07) is 4.02. The SMILES string of the molecule is CC(C)c1cc(Nc2nc(N3CCC[C@H]3C(=O)Nc3ccc(F)nc3)nc3c2CCC3)[n+]([O-])[nH]1. The molecule has 34 heavy (non-hydrogen) atoms. The molecule has 0 spiro atoms. The van der Waals surface area contributed by atoms with Gasteiger partial charge in [0.25, 0.3) is 0 Å². The van der Waals surface area contributed by atoms with Crippen LogP contribution in [-0.2, 0) is 17.6 Å². The topological polar surface area (TPSA) is 126 Å². The molecule has 0 aromatic carbocycles. The zero-order valence-corrected chi connectivity index (χ0v) is 19.1. The molecule has 0 unspecified atom stereocenters. The van der Waals surface area contributed by atoms with Crippen LogP contribution in [0.4, 0.5) is 27.7 Å². The molecule has 10 nitrogen and oxygen atoms in total. The lowest BCUT2D eigenvalue weighted by molar-refractivity contribution is -0.651. The fourth-order valence-corrected chi connectivity index (χ4v) is 4.52. The standard InChI is InChI=1S/C23H27FN8O2/c1-13(2)17-11-20(32(34)30-17)28-21-15-5-3-6-16(15)27-23(29-21)31-10-4-7-18(31)22(33)26-14-8-9-19(24)25-12-14/h8-9,11-13,18,30H,3-7,10H2,1-2H3,(H,26,33)(H,27,28,29)/t18-/m0/s1. The van der Waals surface area contributed by atoms with Crippen molar-refractivity contribution in [1.82, 2.24) is 20.1 Å². The molecule has 0 saturated carbocycles. The minimum absolute atomic E-state index is 0.183. The summed E-state index contributed by atoms with van der Waals surface area (Å²) in [6.45, 7) is 4.66. The number of amides is 1. The molecule has 0 bridgehead atoms. The van der Waals surface area contributed by atoms with Crippen molar-refractivity contribution in [3.05, 3.63) is 52.5 Å². The fourth-order valence-electron chi connectivity index (χ4n) is 4.52. The Morgan fingerprint density at radius 3 is 2.88 bits per heavy atom. The number of pyridine rings is 1. The van der Waals surface area contributed by atoms with Crippen LogP contribution in [0.25, 0.3) is 0 Å². The van der Waals surface area contributed by atoms with Gasteiger partial charge in [-0.2, -0.15) is 14.2 Å². The van der Waals surface area contributed by atoms with Gasteiger partial charge < -0.3 is 15.4 Å².